The van der Waals surface area contributed by atoms with Crippen molar-refractivity contribution in [2.45, 2.75) is 45.7 Å². The molecule has 0 aliphatic rings. The van der Waals surface area contributed by atoms with E-state index in [-0.39, 0.29) is 5.91 Å². The number of amides is 1. The number of aromatic nitrogens is 1. The monoisotopic (exact) mass is 376 g/mol. The molecule has 26 heavy (non-hydrogen) atoms. The van der Waals surface area contributed by atoms with Crippen LogP contribution in [0.4, 0.5) is 0 Å². The SMILES string of the molecule is CCCCCC(=O)N(CCOC)Cc1cccn1Cc1ccccc1Cl. The highest BCUT2D eigenvalue weighted by molar-refractivity contribution is 6.31. The molecular formula is C21H29ClN2O2. The van der Waals surface area contributed by atoms with Crippen molar-refractivity contribution in [3.05, 3.63) is 58.9 Å². The number of hydrogen-bond acceptors (Lipinski definition) is 2. The van der Waals surface area contributed by atoms with E-state index in [0.717, 1.165) is 35.5 Å². The zero-order valence-electron chi connectivity index (χ0n) is 15.8. The van der Waals surface area contributed by atoms with Crippen molar-refractivity contribution in [3.8, 4) is 0 Å². The second kappa shape index (κ2) is 11.0. The minimum Gasteiger partial charge on any atom is -0.383 e. The summed E-state index contributed by atoms with van der Waals surface area (Å²) in [6.07, 6.45) is 5.79. The summed E-state index contributed by atoms with van der Waals surface area (Å²) in [4.78, 5) is 14.5. The summed E-state index contributed by atoms with van der Waals surface area (Å²) in [7, 11) is 1.67. The average molecular weight is 377 g/mol. The molecule has 0 fully saturated rings. The maximum atomic E-state index is 12.6. The lowest BCUT2D eigenvalue weighted by Crippen LogP contribution is -2.34. The van der Waals surface area contributed by atoms with E-state index in [1.165, 1.54) is 0 Å². The van der Waals surface area contributed by atoms with E-state index in [4.69, 9.17) is 16.3 Å². The van der Waals surface area contributed by atoms with E-state index in [1.54, 1.807) is 7.11 Å². The Balaban J connectivity index is 2.07. The normalized spacial score (nSPS) is 10.9. The minimum absolute atomic E-state index is 0.195. The quantitative estimate of drug-likeness (QED) is 0.530. The van der Waals surface area contributed by atoms with Crippen molar-refractivity contribution in [3.63, 3.8) is 0 Å². The molecule has 1 amide bonds. The van der Waals surface area contributed by atoms with Gasteiger partial charge in [-0.05, 0) is 30.2 Å². The van der Waals surface area contributed by atoms with Crippen molar-refractivity contribution < 1.29 is 9.53 Å². The molecule has 2 aromatic rings. The Morgan fingerprint density at radius 3 is 2.73 bits per heavy atom. The lowest BCUT2D eigenvalue weighted by Gasteiger charge is -2.23. The van der Waals surface area contributed by atoms with Crippen molar-refractivity contribution in [1.82, 2.24) is 9.47 Å². The maximum Gasteiger partial charge on any atom is 0.222 e. The molecule has 2 rings (SSSR count). The third kappa shape index (κ3) is 6.19. The van der Waals surface area contributed by atoms with Gasteiger partial charge in [-0.25, -0.2) is 0 Å². The number of methoxy groups -OCH3 is 1. The van der Waals surface area contributed by atoms with Crippen molar-refractivity contribution in [2.24, 2.45) is 0 Å². The number of carbonyl (C=O) groups excluding carboxylic acids is 1. The predicted octanol–water partition coefficient (Wildman–Crippen LogP) is 4.75. The number of nitrogens with zero attached hydrogens (tertiary/aromatic N) is 2. The molecule has 0 radical (unpaired) electrons. The van der Waals surface area contributed by atoms with Gasteiger partial charge in [-0.3, -0.25) is 4.79 Å². The van der Waals surface area contributed by atoms with E-state index in [0.29, 0.717) is 32.7 Å². The highest BCUT2D eigenvalue weighted by atomic mass is 35.5. The molecule has 0 atom stereocenters. The van der Waals surface area contributed by atoms with Crippen LogP contribution in [0.3, 0.4) is 0 Å². The van der Waals surface area contributed by atoms with Gasteiger partial charge in [0.15, 0.2) is 0 Å². The van der Waals surface area contributed by atoms with Gasteiger partial charge in [0, 0.05) is 43.5 Å². The van der Waals surface area contributed by atoms with E-state index in [9.17, 15) is 4.79 Å². The van der Waals surface area contributed by atoms with Gasteiger partial charge in [-0.15, -0.1) is 0 Å². The summed E-state index contributed by atoms with van der Waals surface area (Å²) < 4.78 is 7.34. The van der Waals surface area contributed by atoms with Gasteiger partial charge in [0.25, 0.3) is 0 Å². The van der Waals surface area contributed by atoms with Gasteiger partial charge in [0.1, 0.15) is 0 Å². The molecule has 0 saturated heterocycles. The van der Waals surface area contributed by atoms with Crippen molar-refractivity contribution in [1.29, 1.82) is 0 Å². The molecule has 5 heteroatoms. The lowest BCUT2D eigenvalue weighted by atomic mass is 10.2. The van der Waals surface area contributed by atoms with Gasteiger partial charge in [0.05, 0.1) is 13.2 Å². The van der Waals surface area contributed by atoms with E-state index < -0.39 is 0 Å². The second-order valence-electron chi connectivity index (χ2n) is 6.48. The highest BCUT2D eigenvalue weighted by Gasteiger charge is 2.15. The first-order valence-corrected chi connectivity index (χ1v) is 9.67. The molecule has 1 heterocycles. The Morgan fingerprint density at radius 1 is 1.19 bits per heavy atom. The number of benzene rings is 1. The van der Waals surface area contributed by atoms with Crippen LogP contribution in [0.25, 0.3) is 0 Å². The molecule has 0 aliphatic heterocycles. The lowest BCUT2D eigenvalue weighted by molar-refractivity contribution is -0.132. The Morgan fingerprint density at radius 2 is 2.00 bits per heavy atom. The van der Waals surface area contributed by atoms with Crippen LogP contribution in [-0.4, -0.2) is 35.6 Å². The summed E-state index contributed by atoms with van der Waals surface area (Å²) in [5.41, 5.74) is 2.18. The van der Waals surface area contributed by atoms with Gasteiger partial charge in [-0.1, -0.05) is 49.6 Å². The summed E-state index contributed by atoms with van der Waals surface area (Å²) in [5.74, 6) is 0.195. The topological polar surface area (TPSA) is 34.5 Å². The average Bonchev–Trinajstić information content (AvgIpc) is 3.07. The zero-order valence-corrected chi connectivity index (χ0v) is 16.5. The third-order valence-corrected chi connectivity index (χ3v) is 4.86. The molecule has 0 spiro atoms. The Labute approximate surface area is 161 Å². The van der Waals surface area contributed by atoms with E-state index in [1.807, 2.05) is 41.4 Å². The number of ether oxygens (including phenoxy) is 1. The van der Waals surface area contributed by atoms with Crippen molar-refractivity contribution in [2.75, 3.05) is 20.3 Å². The van der Waals surface area contributed by atoms with Crippen LogP contribution >= 0.6 is 11.6 Å². The highest BCUT2D eigenvalue weighted by Crippen LogP contribution is 2.18. The first-order valence-electron chi connectivity index (χ1n) is 9.29. The van der Waals surface area contributed by atoms with Crippen LogP contribution in [0, 0.1) is 0 Å². The molecule has 1 aromatic heterocycles. The maximum absolute atomic E-state index is 12.6. The number of rotatable bonds is 11. The van der Waals surface area contributed by atoms with E-state index in [2.05, 4.69) is 17.6 Å². The van der Waals surface area contributed by atoms with Crippen LogP contribution in [0.1, 0.15) is 43.9 Å². The molecule has 0 aliphatic carbocycles. The fraction of sp³-hybridized carbons (Fsp3) is 0.476. The van der Waals surface area contributed by atoms with Gasteiger partial charge < -0.3 is 14.2 Å². The fourth-order valence-electron chi connectivity index (χ4n) is 2.93. The first-order chi connectivity index (χ1) is 12.7. The zero-order chi connectivity index (χ0) is 18.8. The molecule has 0 N–H and O–H groups in total. The Bertz CT molecular complexity index is 684. The van der Waals surface area contributed by atoms with Crippen LogP contribution < -0.4 is 0 Å². The third-order valence-electron chi connectivity index (χ3n) is 4.49. The minimum atomic E-state index is 0.195. The van der Waals surface area contributed by atoms with Crippen LogP contribution in [0.15, 0.2) is 42.6 Å². The molecule has 0 unspecified atom stereocenters. The van der Waals surface area contributed by atoms with Gasteiger partial charge >= 0.3 is 0 Å². The molecular weight excluding hydrogens is 348 g/mol. The van der Waals surface area contributed by atoms with Crippen LogP contribution in [0.2, 0.25) is 5.02 Å². The predicted molar refractivity (Wildman–Crippen MR) is 106 cm³/mol. The number of carbonyl (C=O) groups is 1. The van der Waals surface area contributed by atoms with Gasteiger partial charge in [0.2, 0.25) is 5.91 Å². The summed E-state index contributed by atoms with van der Waals surface area (Å²) in [5, 5.41) is 0.763. The molecule has 142 valence electrons. The van der Waals surface area contributed by atoms with E-state index >= 15 is 0 Å². The second-order valence-corrected chi connectivity index (χ2v) is 6.89. The van der Waals surface area contributed by atoms with Crippen LogP contribution in [0.5, 0.6) is 0 Å². The molecule has 0 bridgehead atoms. The number of hydrogen-bond donors (Lipinski definition) is 0. The number of halogens is 1. The molecule has 1 aromatic carbocycles. The first kappa shape index (κ1) is 20.5. The number of unbranched alkanes of at least 4 members (excludes halogenated alkanes) is 2. The smallest absolute Gasteiger partial charge is 0.222 e. The molecule has 0 saturated carbocycles. The van der Waals surface area contributed by atoms with Crippen LogP contribution in [-0.2, 0) is 22.6 Å². The Hall–Kier alpha value is -1.78. The van der Waals surface area contributed by atoms with Crippen molar-refractivity contribution >= 4 is 17.5 Å². The largest absolute Gasteiger partial charge is 0.383 e. The van der Waals surface area contributed by atoms with Gasteiger partial charge in [-0.2, -0.15) is 0 Å². The summed E-state index contributed by atoms with van der Waals surface area (Å²) in [6.45, 7) is 4.59. The fourth-order valence-corrected chi connectivity index (χ4v) is 3.13. The summed E-state index contributed by atoms with van der Waals surface area (Å²) in [6, 6.07) is 11.9. The standard InChI is InChI=1S/C21H29ClN2O2/c1-3-4-5-12-21(25)24(14-15-26-2)17-19-10-8-13-23(19)16-18-9-6-7-11-20(18)22/h6-11,13H,3-5,12,14-17H2,1-2H3. The molecule has 4 nitrogen and oxygen atoms in total. The Kier molecular flexibility index (Phi) is 8.72. The summed E-state index contributed by atoms with van der Waals surface area (Å²) >= 11 is 6.29.